The SMILES string of the molecule is CCOc1ccc(-c2nc(C(=O)NC(C)=O)c(-c3ccc(OCC)cc3)c3nsnc23)cc1. The maximum absolute atomic E-state index is 13.0. The number of aromatic nitrogens is 3. The van der Waals surface area contributed by atoms with Crippen molar-refractivity contribution in [2.75, 3.05) is 13.2 Å². The third kappa shape index (κ3) is 4.68. The Hall–Kier alpha value is -3.85. The number of hydrogen-bond donors (Lipinski definition) is 1. The Balaban J connectivity index is 1.91. The second kappa shape index (κ2) is 9.74. The molecule has 0 atom stereocenters. The average molecular weight is 463 g/mol. The number of nitrogens with zero attached hydrogens (tertiary/aromatic N) is 3. The average Bonchev–Trinajstić information content (AvgIpc) is 3.29. The van der Waals surface area contributed by atoms with Crippen LogP contribution in [-0.4, -0.2) is 38.8 Å². The van der Waals surface area contributed by atoms with Crippen LogP contribution in [0.1, 0.15) is 31.3 Å². The number of carbonyl (C=O) groups is 2. The van der Waals surface area contributed by atoms with Crippen LogP contribution < -0.4 is 14.8 Å². The molecule has 0 bridgehead atoms. The minimum atomic E-state index is -0.603. The minimum Gasteiger partial charge on any atom is -0.494 e. The highest BCUT2D eigenvalue weighted by Crippen LogP contribution is 2.36. The van der Waals surface area contributed by atoms with E-state index >= 15 is 0 Å². The molecule has 0 radical (unpaired) electrons. The number of hydrogen-bond acceptors (Lipinski definition) is 8. The topological polar surface area (TPSA) is 103 Å². The van der Waals surface area contributed by atoms with E-state index in [-0.39, 0.29) is 5.69 Å². The van der Waals surface area contributed by atoms with E-state index in [1.807, 2.05) is 62.4 Å². The first-order valence-corrected chi connectivity index (χ1v) is 11.2. The maximum atomic E-state index is 13.0. The molecule has 2 aromatic heterocycles. The molecule has 2 heterocycles. The van der Waals surface area contributed by atoms with Crippen LogP contribution in [0.4, 0.5) is 0 Å². The van der Waals surface area contributed by atoms with Gasteiger partial charge in [-0.05, 0) is 55.8 Å². The minimum absolute atomic E-state index is 0.0958. The van der Waals surface area contributed by atoms with E-state index in [0.29, 0.717) is 41.3 Å². The summed E-state index contributed by atoms with van der Waals surface area (Å²) in [5.74, 6) is 0.365. The third-order valence-electron chi connectivity index (χ3n) is 4.81. The summed E-state index contributed by atoms with van der Waals surface area (Å²) in [6.07, 6.45) is 0. The van der Waals surface area contributed by atoms with Crippen molar-refractivity contribution in [2.45, 2.75) is 20.8 Å². The van der Waals surface area contributed by atoms with Gasteiger partial charge in [0.15, 0.2) is 0 Å². The van der Waals surface area contributed by atoms with Gasteiger partial charge in [-0.15, -0.1) is 0 Å². The lowest BCUT2D eigenvalue weighted by Gasteiger charge is -2.13. The van der Waals surface area contributed by atoms with E-state index in [9.17, 15) is 9.59 Å². The van der Waals surface area contributed by atoms with Crippen molar-refractivity contribution >= 4 is 34.6 Å². The Morgan fingerprint density at radius 1 is 0.848 bits per heavy atom. The van der Waals surface area contributed by atoms with Crippen molar-refractivity contribution < 1.29 is 19.1 Å². The van der Waals surface area contributed by atoms with Gasteiger partial charge in [0.2, 0.25) is 5.91 Å². The first kappa shape index (κ1) is 22.3. The lowest BCUT2D eigenvalue weighted by atomic mass is 9.99. The van der Waals surface area contributed by atoms with Crippen LogP contribution in [0.15, 0.2) is 48.5 Å². The highest BCUT2D eigenvalue weighted by atomic mass is 32.1. The number of fused-ring (bicyclic) bond motifs is 1. The van der Waals surface area contributed by atoms with Crippen LogP contribution >= 0.6 is 11.7 Å². The first-order valence-electron chi connectivity index (χ1n) is 10.5. The van der Waals surface area contributed by atoms with Crippen molar-refractivity contribution in [2.24, 2.45) is 0 Å². The monoisotopic (exact) mass is 462 g/mol. The summed E-state index contributed by atoms with van der Waals surface area (Å²) in [4.78, 5) is 29.3. The summed E-state index contributed by atoms with van der Waals surface area (Å²) in [6.45, 7) is 6.21. The zero-order chi connectivity index (χ0) is 23.4. The maximum Gasteiger partial charge on any atom is 0.277 e. The number of carbonyl (C=O) groups excluding carboxylic acids is 2. The van der Waals surface area contributed by atoms with Gasteiger partial charge in [-0.25, -0.2) is 4.98 Å². The fraction of sp³-hybridized carbons (Fsp3) is 0.208. The number of rotatable bonds is 7. The summed E-state index contributed by atoms with van der Waals surface area (Å²) in [6, 6.07) is 14.7. The summed E-state index contributed by atoms with van der Waals surface area (Å²) in [5, 5.41) is 2.33. The van der Waals surface area contributed by atoms with Crippen LogP contribution in [0.25, 0.3) is 33.4 Å². The molecule has 4 aromatic rings. The molecule has 0 aliphatic rings. The standard InChI is InChI=1S/C24H22N4O4S/c1-4-31-17-10-6-15(7-11-17)19-21-23(28-33-27-21)20(26-22(19)24(30)25-14(3)29)16-8-12-18(13-9-16)32-5-2/h6-13H,4-5H2,1-3H3,(H,25,29,30). The number of pyridine rings is 1. The Kier molecular flexibility index (Phi) is 6.60. The van der Waals surface area contributed by atoms with Gasteiger partial charge in [-0.1, -0.05) is 12.1 Å². The van der Waals surface area contributed by atoms with Gasteiger partial charge in [0.05, 0.1) is 24.9 Å². The fourth-order valence-corrected chi connectivity index (χ4v) is 4.01. The molecule has 1 N–H and O–H groups in total. The summed E-state index contributed by atoms with van der Waals surface area (Å²) in [7, 11) is 0. The summed E-state index contributed by atoms with van der Waals surface area (Å²) in [5.41, 5.74) is 3.70. The molecule has 8 nitrogen and oxygen atoms in total. The Morgan fingerprint density at radius 3 is 1.94 bits per heavy atom. The lowest BCUT2D eigenvalue weighted by Crippen LogP contribution is -2.29. The number of amides is 2. The molecule has 0 spiro atoms. The summed E-state index contributed by atoms with van der Waals surface area (Å²) < 4.78 is 20.0. The number of benzene rings is 2. The molecule has 2 aromatic carbocycles. The molecule has 9 heteroatoms. The predicted molar refractivity (Wildman–Crippen MR) is 127 cm³/mol. The number of nitrogens with one attached hydrogen (secondary N) is 1. The smallest absolute Gasteiger partial charge is 0.277 e. The van der Waals surface area contributed by atoms with Crippen LogP contribution in [0.3, 0.4) is 0 Å². The zero-order valence-electron chi connectivity index (χ0n) is 18.4. The fourth-order valence-electron chi connectivity index (χ4n) is 3.46. The van der Waals surface area contributed by atoms with Gasteiger partial charge in [0.1, 0.15) is 33.9 Å². The van der Waals surface area contributed by atoms with Crippen molar-refractivity contribution in [3.8, 4) is 33.9 Å². The van der Waals surface area contributed by atoms with E-state index in [1.165, 1.54) is 6.92 Å². The molecular weight excluding hydrogens is 440 g/mol. The van der Waals surface area contributed by atoms with Gasteiger partial charge >= 0.3 is 0 Å². The van der Waals surface area contributed by atoms with E-state index in [4.69, 9.17) is 9.47 Å². The molecule has 0 aliphatic carbocycles. The van der Waals surface area contributed by atoms with Crippen molar-refractivity contribution in [1.82, 2.24) is 19.0 Å². The lowest BCUT2D eigenvalue weighted by molar-refractivity contribution is -0.118. The van der Waals surface area contributed by atoms with Crippen LogP contribution in [-0.2, 0) is 4.79 Å². The van der Waals surface area contributed by atoms with E-state index in [1.54, 1.807) is 0 Å². The molecule has 0 saturated carbocycles. The van der Waals surface area contributed by atoms with Crippen molar-refractivity contribution in [3.63, 3.8) is 0 Å². The van der Waals surface area contributed by atoms with Crippen molar-refractivity contribution in [1.29, 1.82) is 0 Å². The van der Waals surface area contributed by atoms with E-state index in [2.05, 4.69) is 19.0 Å². The van der Waals surface area contributed by atoms with Crippen LogP contribution in [0, 0.1) is 0 Å². The highest BCUT2D eigenvalue weighted by molar-refractivity contribution is 7.00. The van der Waals surface area contributed by atoms with Crippen LogP contribution in [0.5, 0.6) is 11.5 Å². The van der Waals surface area contributed by atoms with Gasteiger partial charge in [-0.2, -0.15) is 8.75 Å². The quantitative estimate of drug-likeness (QED) is 0.431. The second-order valence-corrected chi connectivity index (χ2v) is 7.60. The van der Waals surface area contributed by atoms with Gasteiger partial charge in [0.25, 0.3) is 5.91 Å². The van der Waals surface area contributed by atoms with Gasteiger partial charge < -0.3 is 9.47 Å². The molecule has 4 rings (SSSR count). The number of ether oxygens (including phenoxy) is 2. The molecule has 33 heavy (non-hydrogen) atoms. The Bertz CT molecular complexity index is 1300. The van der Waals surface area contributed by atoms with Gasteiger partial charge in [-0.3, -0.25) is 14.9 Å². The predicted octanol–water partition coefficient (Wildman–Crippen LogP) is 4.49. The van der Waals surface area contributed by atoms with E-state index in [0.717, 1.165) is 28.6 Å². The Labute approximate surface area is 194 Å². The second-order valence-electron chi connectivity index (χ2n) is 7.07. The zero-order valence-corrected chi connectivity index (χ0v) is 19.2. The molecule has 0 saturated heterocycles. The molecule has 0 unspecified atom stereocenters. The normalized spacial score (nSPS) is 10.8. The molecular formula is C24H22N4O4S. The van der Waals surface area contributed by atoms with Gasteiger partial charge in [0, 0.05) is 18.1 Å². The third-order valence-corrected chi connectivity index (χ3v) is 5.34. The van der Waals surface area contributed by atoms with E-state index < -0.39 is 11.8 Å². The largest absolute Gasteiger partial charge is 0.494 e. The molecule has 0 aliphatic heterocycles. The van der Waals surface area contributed by atoms with Crippen LogP contribution in [0.2, 0.25) is 0 Å². The first-order chi connectivity index (χ1) is 16.0. The van der Waals surface area contributed by atoms with Crippen molar-refractivity contribution in [3.05, 3.63) is 54.2 Å². The highest BCUT2D eigenvalue weighted by Gasteiger charge is 2.24. The molecule has 168 valence electrons. The summed E-state index contributed by atoms with van der Waals surface area (Å²) >= 11 is 1.04. The molecule has 2 amide bonds. The Morgan fingerprint density at radius 2 is 1.39 bits per heavy atom. The molecule has 0 fully saturated rings. The number of imide groups is 1.